The predicted octanol–water partition coefficient (Wildman–Crippen LogP) is 3.51. The van der Waals surface area contributed by atoms with Crippen molar-refractivity contribution in [3.05, 3.63) is 71.8 Å². The molecule has 0 spiro atoms. The molecule has 1 amide bonds. The van der Waals surface area contributed by atoms with E-state index in [1.54, 1.807) is 0 Å². The normalized spacial score (nSPS) is 14.8. The van der Waals surface area contributed by atoms with Crippen molar-refractivity contribution in [2.75, 3.05) is 31.1 Å². The highest BCUT2D eigenvalue weighted by Crippen LogP contribution is 2.23. The highest BCUT2D eigenvalue weighted by molar-refractivity contribution is 5.94. The van der Waals surface area contributed by atoms with E-state index < -0.39 is 0 Å². The zero-order valence-corrected chi connectivity index (χ0v) is 14.4. The third kappa shape index (κ3) is 3.07. The van der Waals surface area contributed by atoms with Gasteiger partial charge in [0.2, 0.25) is 0 Å². The number of para-hydroxylation sites is 1. The van der Waals surface area contributed by atoms with Crippen LogP contribution in [0.1, 0.15) is 15.9 Å². The van der Waals surface area contributed by atoms with E-state index in [-0.39, 0.29) is 5.91 Å². The van der Waals surface area contributed by atoms with Crippen molar-refractivity contribution in [2.24, 2.45) is 0 Å². The van der Waals surface area contributed by atoms with Crippen LogP contribution in [0.2, 0.25) is 0 Å². The van der Waals surface area contributed by atoms with E-state index in [0.29, 0.717) is 0 Å². The summed E-state index contributed by atoms with van der Waals surface area (Å²) < 4.78 is 0. The SMILES string of the molecule is Cc1cc(N2CCN(C(=O)c3ccccc3)CC2)nc2ccccc12. The summed E-state index contributed by atoms with van der Waals surface area (Å²) in [7, 11) is 0. The minimum absolute atomic E-state index is 0.114. The summed E-state index contributed by atoms with van der Waals surface area (Å²) >= 11 is 0. The molecule has 0 unspecified atom stereocenters. The van der Waals surface area contributed by atoms with Crippen molar-refractivity contribution in [2.45, 2.75) is 6.92 Å². The molecule has 126 valence electrons. The van der Waals surface area contributed by atoms with Crippen LogP contribution >= 0.6 is 0 Å². The molecule has 4 heteroatoms. The van der Waals surface area contributed by atoms with Gasteiger partial charge in [-0.1, -0.05) is 36.4 Å². The van der Waals surface area contributed by atoms with Gasteiger partial charge in [0.05, 0.1) is 5.52 Å². The molecule has 1 aromatic heterocycles. The van der Waals surface area contributed by atoms with Gasteiger partial charge in [-0.2, -0.15) is 0 Å². The van der Waals surface area contributed by atoms with Crippen LogP contribution in [0.3, 0.4) is 0 Å². The van der Waals surface area contributed by atoms with Crippen LogP contribution in [-0.2, 0) is 0 Å². The average Bonchev–Trinajstić information content (AvgIpc) is 2.68. The molecule has 2 aromatic carbocycles. The van der Waals surface area contributed by atoms with Gasteiger partial charge in [-0.05, 0) is 36.8 Å². The Labute approximate surface area is 147 Å². The fraction of sp³-hybridized carbons (Fsp3) is 0.238. The first-order valence-electron chi connectivity index (χ1n) is 8.68. The maximum absolute atomic E-state index is 12.6. The summed E-state index contributed by atoms with van der Waals surface area (Å²) in [4.78, 5) is 21.6. The number of carbonyl (C=O) groups excluding carboxylic acids is 1. The van der Waals surface area contributed by atoms with Crippen molar-refractivity contribution < 1.29 is 4.79 Å². The summed E-state index contributed by atoms with van der Waals surface area (Å²) in [5.74, 6) is 1.12. The van der Waals surface area contributed by atoms with Gasteiger partial charge in [0, 0.05) is 37.1 Å². The molecule has 4 nitrogen and oxygen atoms in total. The number of pyridine rings is 1. The lowest BCUT2D eigenvalue weighted by Gasteiger charge is -2.35. The van der Waals surface area contributed by atoms with Gasteiger partial charge in [-0.15, -0.1) is 0 Å². The quantitative estimate of drug-likeness (QED) is 0.721. The van der Waals surface area contributed by atoms with Gasteiger partial charge in [0.15, 0.2) is 0 Å². The van der Waals surface area contributed by atoms with Gasteiger partial charge in [-0.3, -0.25) is 4.79 Å². The second-order valence-electron chi connectivity index (χ2n) is 6.46. The van der Waals surface area contributed by atoms with E-state index >= 15 is 0 Å². The number of amides is 1. The Morgan fingerprint density at radius 2 is 1.60 bits per heavy atom. The molecule has 2 heterocycles. The summed E-state index contributed by atoms with van der Waals surface area (Å²) in [6.07, 6.45) is 0. The zero-order chi connectivity index (χ0) is 17.2. The summed E-state index contributed by atoms with van der Waals surface area (Å²) in [5, 5.41) is 1.20. The van der Waals surface area contributed by atoms with Crippen LogP contribution < -0.4 is 4.90 Å². The second kappa shape index (κ2) is 6.55. The van der Waals surface area contributed by atoms with Crippen LogP contribution in [0.4, 0.5) is 5.82 Å². The molecular formula is C21H21N3O. The Bertz CT molecular complexity index is 899. The molecule has 1 saturated heterocycles. The lowest BCUT2D eigenvalue weighted by atomic mass is 10.1. The minimum atomic E-state index is 0.114. The van der Waals surface area contributed by atoms with Crippen LogP contribution in [0.5, 0.6) is 0 Å². The number of rotatable bonds is 2. The predicted molar refractivity (Wildman–Crippen MR) is 101 cm³/mol. The van der Waals surface area contributed by atoms with Gasteiger partial charge in [0.25, 0.3) is 5.91 Å². The molecule has 0 atom stereocenters. The lowest BCUT2D eigenvalue weighted by molar-refractivity contribution is 0.0746. The van der Waals surface area contributed by atoms with Gasteiger partial charge in [0.1, 0.15) is 5.82 Å². The summed E-state index contributed by atoms with van der Waals surface area (Å²) in [5.41, 5.74) is 3.03. The highest BCUT2D eigenvalue weighted by atomic mass is 16.2. The Kier molecular flexibility index (Phi) is 4.10. The van der Waals surface area contributed by atoms with E-state index in [4.69, 9.17) is 4.98 Å². The van der Waals surface area contributed by atoms with Gasteiger partial charge >= 0.3 is 0 Å². The minimum Gasteiger partial charge on any atom is -0.353 e. The number of carbonyl (C=O) groups is 1. The number of fused-ring (bicyclic) bond motifs is 1. The highest BCUT2D eigenvalue weighted by Gasteiger charge is 2.23. The van der Waals surface area contributed by atoms with Crippen molar-refractivity contribution in [3.63, 3.8) is 0 Å². The maximum Gasteiger partial charge on any atom is 0.253 e. The Morgan fingerprint density at radius 1 is 0.920 bits per heavy atom. The summed E-state index contributed by atoms with van der Waals surface area (Å²) in [6.45, 7) is 5.19. The average molecular weight is 331 g/mol. The number of anilines is 1. The number of aromatic nitrogens is 1. The largest absolute Gasteiger partial charge is 0.353 e. The first-order valence-corrected chi connectivity index (χ1v) is 8.68. The van der Waals surface area contributed by atoms with Crippen molar-refractivity contribution in [1.82, 2.24) is 9.88 Å². The van der Waals surface area contributed by atoms with Crippen molar-refractivity contribution >= 4 is 22.6 Å². The topological polar surface area (TPSA) is 36.4 Å². The number of piperazine rings is 1. The smallest absolute Gasteiger partial charge is 0.253 e. The third-order valence-electron chi connectivity index (χ3n) is 4.82. The Balaban J connectivity index is 1.50. The zero-order valence-electron chi connectivity index (χ0n) is 14.4. The molecule has 3 aromatic rings. The number of aryl methyl sites for hydroxylation is 1. The van der Waals surface area contributed by atoms with Crippen molar-refractivity contribution in [3.8, 4) is 0 Å². The molecule has 0 saturated carbocycles. The molecule has 1 aliphatic heterocycles. The van der Waals surface area contributed by atoms with E-state index in [1.165, 1.54) is 10.9 Å². The second-order valence-corrected chi connectivity index (χ2v) is 6.46. The first-order chi connectivity index (χ1) is 12.2. The number of hydrogen-bond acceptors (Lipinski definition) is 3. The molecule has 25 heavy (non-hydrogen) atoms. The Hall–Kier alpha value is -2.88. The number of benzene rings is 2. The van der Waals surface area contributed by atoms with E-state index in [0.717, 1.165) is 43.1 Å². The van der Waals surface area contributed by atoms with E-state index in [2.05, 4.69) is 30.0 Å². The first kappa shape index (κ1) is 15.6. The van der Waals surface area contributed by atoms with Gasteiger partial charge in [-0.25, -0.2) is 4.98 Å². The van der Waals surface area contributed by atoms with Crippen LogP contribution in [0.25, 0.3) is 10.9 Å². The lowest BCUT2D eigenvalue weighted by Crippen LogP contribution is -2.49. The van der Waals surface area contributed by atoms with E-state index in [1.807, 2.05) is 47.4 Å². The monoisotopic (exact) mass is 331 g/mol. The molecule has 0 radical (unpaired) electrons. The number of nitrogens with zero attached hydrogens (tertiary/aromatic N) is 3. The maximum atomic E-state index is 12.6. The standard InChI is InChI=1S/C21H21N3O/c1-16-15-20(22-19-10-6-5-9-18(16)19)23-11-13-24(14-12-23)21(25)17-7-3-2-4-8-17/h2-10,15H,11-14H2,1H3. The fourth-order valence-corrected chi connectivity index (χ4v) is 3.40. The summed E-state index contributed by atoms with van der Waals surface area (Å²) in [6, 6.07) is 19.9. The van der Waals surface area contributed by atoms with E-state index in [9.17, 15) is 4.79 Å². The molecule has 1 aliphatic rings. The van der Waals surface area contributed by atoms with Crippen LogP contribution in [-0.4, -0.2) is 42.0 Å². The number of hydrogen-bond donors (Lipinski definition) is 0. The third-order valence-corrected chi connectivity index (χ3v) is 4.82. The molecular weight excluding hydrogens is 310 g/mol. The molecule has 1 fully saturated rings. The molecule has 0 aliphatic carbocycles. The van der Waals surface area contributed by atoms with Crippen LogP contribution in [0, 0.1) is 6.92 Å². The van der Waals surface area contributed by atoms with Crippen LogP contribution in [0.15, 0.2) is 60.7 Å². The molecule has 0 N–H and O–H groups in total. The molecule has 4 rings (SSSR count). The van der Waals surface area contributed by atoms with Gasteiger partial charge < -0.3 is 9.80 Å². The molecule has 0 bridgehead atoms. The van der Waals surface area contributed by atoms with Crippen molar-refractivity contribution in [1.29, 1.82) is 0 Å². The Morgan fingerprint density at radius 3 is 2.36 bits per heavy atom. The fourth-order valence-electron chi connectivity index (χ4n) is 3.40.